The molecular formula is C28H32F2N8. The number of aryl methyl sites for hydroxylation is 1. The van der Waals surface area contributed by atoms with E-state index in [4.69, 9.17) is 0 Å². The van der Waals surface area contributed by atoms with E-state index in [-0.39, 0.29) is 17.1 Å². The van der Waals surface area contributed by atoms with Crippen molar-refractivity contribution >= 4 is 22.8 Å². The highest BCUT2D eigenvalue weighted by Crippen LogP contribution is 2.41. The average Bonchev–Trinajstić information content (AvgIpc) is 3.22. The molecule has 2 aliphatic heterocycles. The zero-order valence-corrected chi connectivity index (χ0v) is 22.1. The van der Waals surface area contributed by atoms with Gasteiger partial charge in [0.1, 0.15) is 23.0 Å². The Bertz CT molecular complexity index is 1500. The molecule has 2 saturated heterocycles. The first kappa shape index (κ1) is 24.8. The van der Waals surface area contributed by atoms with E-state index in [1.807, 2.05) is 37.7 Å². The van der Waals surface area contributed by atoms with E-state index >= 15 is 0 Å². The minimum atomic E-state index is -0.544. The van der Waals surface area contributed by atoms with Crippen LogP contribution >= 0.6 is 0 Å². The van der Waals surface area contributed by atoms with Gasteiger partial charge in [-0.1, -0.05) is 6.92 Å². The van der Waals surface area contributed by atoms with Crippen LogP contribution in [-0.4, -0.2) is 55.1 Å². The van der Waals surface area contributed by atoms with Gasteiger partial charge in [0.25, 0.3) is 0 Å². The van der Waals surface area contributed by atoms with Crippen molar-refractivity contribution in [2.24, 2.45) is 5.41 Å². The summed E-state index contributed by atoms with van der Waals surface area (Å²) in [6.07, 6.45) is 5.91. The molecule has 198 valence electrons. The molecule has 2 aliphatic rings. The normalized spacial score (nSPS) is 21.5. The number of nitrogens with one attached hydrogen (secondary N) is 2. The summed E-state index contributed by atoms with van der Waals surface area (Å²) in [5.74, 6) is 0.415. The molecule has 10 heteroatoms. The van der Waals surface area contributed by atoms with Crippen molar-refractivity contribution < 1.29 is 8.78 Å². The number of imidazole rings is 1. The molecule has 0 spiro atoms. The predicted octanol–water partition coefficient (Wildman–Crippen LogP) is 4.98. The molecule has 8 nitrogen and oxygen atoms in total. The van der Waals surface area contributed by atoms with Crippen LogP contribution in [-0.2, 0) is 6.54 Å². The van der Waals surface area contributed by atoms with Gasteiger partial charge in [-0.15, -0.1) is 0 Å². The molecule has 0 amide bonds. The van der Waals surface area contributed by atoms with Crippen LogP contribution in [0.2, 0.25) is 0 Å². The van der Waals surface area contributed by atoms with Crippen molar-refractivity contribution in [3.63, 3.8) is 0 Å². The van der Waals surface area contributed by atoms with Gasteiger partial charge in [0, 0.05) is 60.7 Å². The van der Waals surface area contributed by atoms with Crippen LogP contribution in [0.25, 0.3) is 22.2 Å². The molecule has 0 saturated carbocycles. The quantitative estimate of drug-likeness (QED) is 0.372. The number of hydrogen-bond donors (Lipinski definition) is 2. The van der Waals surface area contributed by atoms with E-state index in [1.54, 1.807) is 12.1 Å². The van der Waals surface area contributed by atoms with Crippen molar-refractivity contribution in [2.45, 2.75) is 52.7 Å². The molecule has 1 aromatic carbocycles. The van der Waals surface area contributed by atoms with Gasteiger partial charge < -0.3 is 15.2 Å². The third-order valence-electron chi connectivity index (χ3n) is 7.87. The van der Waals surface area contributed by atoms with E-state index in [2.05, 4.69) is 42.4 Å². The second kappa shape index (κ2) is 9.36. The van der Waals surface area contributed by atoms with Crippen molar-refractivity contribution in [3.05, 3.63) is 59.8 Å². The van der Waals surface area contributed by atoms with Gasteiger partial charge in [-0.2, -0.15) is 0 Å². The number of rotatable bonds is 6. The van der Waals surface area contributed by atoms with Gasteiger partial charge in [0.2, 0.25) is 5.95 Å². The van der Waals surface area contributed by atoms with Gasteiger partial charge in [-0.05, 0) is 57.5 Å². The summed E-state index contributed by atoms with van der Waals surface area (Å²) in [5, 5.41) is 6.55. The number of benzene rings is 1. The maximum atomic E-state index is 15.0. The summed E-state index contributed by atoms with van der Waals surface area (Å²) in [6, 6.07) is 5.31. The summed E-state index contributed by atoms with van der Waals surface area (Å²) < 4.78 is 31.8. The maximum Gasteiger partial charge on any atom is 0.228 e. The van der Waals surface area contributed by atoms with E-state index in [9.17, 15) is 8.78 Å². The first-order valence-electron chi connectivity index (χ1n) is 13.1. The van der Waals surface area contributed by atoms with Crippen LogP contribution in [0.15, 0.2) is 36.8 Å². The Kier molecular flexibility index (Phi) is 6.11. The second-order valence-electron chi connectivity index (χ2n) is 11.1. The topological polar surface area (TPSA) is 83.8 Å². The SMILES string of the molecule is Cc1nc2c(F)cc(-c3cc(Nc4ncc(CN5CC6(C)CNCCC56)cn4)ncc3F)cc2n1C(C)C. The zero-order chi connectivity index (χ0) is 26.6. The Balaban J connectivity index is 1.21. The Morgan fingerprint density at radius 1 is 1.11 bits per heavy atom. The fraction of sp³-hybridized carbons (Fsp3) is 0.429. The van der Waals surface area contributed by atoms with E-state index in [0.29, 0.717) is 40.1 Å². The number of pyridine rings is 1. The molecule has 38 heavy (non-hydrogen) atoms. The fourth-order valence-corrected chi connectivity index (χ4v) is 6.15. The number of nitrogens with zero attached hydrogens (tertiary/aromatic N) is 6. The lowest BCUT2D eigenvalue weighted by atomic mass is 9.69. The largest absolute Gasteiger partial charge is 0.326 e. The fourth-order valence-electron chi connectivity index (χ4n) is 6.15. The third-order valence-corrected chi connectivity index (χ3v) is 7.87. The highest BCUT2D eigenvalue weighted by atomic mass is 19.1. The first-order valence-corrected chi connectivity index (χ1v) is 13.1. The molecule has 6 rings (SSSR count). The molecule has 5 heterocycles. The molecule has 2 fully saturated rings. The van der Waals surface area contributed by atoms with Gasteiger partial charge in [-0.25, -0.2) is 28.7 Å². The molecule has 2 atom stereocenters. The number of piperidine rings is 1. The lowest BCUT2D eigenvalue weighted by Crippen LogP contribution is -2.69. The van der Waals surface area contributed by atoms with E-state index in [1.165, 1.54) is 6.07 Å². The summed E-state index contributed by atoms with van der Waals surface area (Å²) >= 11 is 0. The first-order chi connectivity index (χ1) is 18.2. The van der Waals surface area contributed by atoms with Crippen LogP contribution in [0.1, 0.15) is 44.6 Å². The molecule has 2 N–H and O–H groups in total. The monoisotopic (exact) mass is 518 g/mol. The van der Waals surface area contributed by atoms with Crippen LogP contribution in [0.4, 0.5) is 20.5 Å². The number of anilines is 2. The van der Waals surface area contributed by atoms with E-state index in [0.717, 1.165) is 44.4 Å². The van der Waals surface area contributed by atoms with Crippen LogP contribution in [0, 0.1) is 24.0 Å². The highest BCUT2D eigenvalue weighted by molar-refractivity contribution is 5.84. The Morgan fingerprint density at radius 2 is 1.89 bits per heavy atom. The van der Waals surface area contributed by atoms with Crippen molar-refractivity contribution in [1.29, 1.82) is 0 Å². The van der Waals surface area contributed by atoms with Gasteiger partial charge >= 0.3 is 0 Å². The third kappa shape index (κ3) is 4.31. The summed E-state index contributed by atoms with van der Waals surface area (Å²) in [7, 11) is 0. The minimum absolute atomic E-state index is 0.0829. The van der Waals surface area contributed by atoms with Crippen molar-refractivity contribution in [1.82, 2.24) is 34.7 Å². The van der Waals surface area contributed by atoms with Gasteiger partial charge in [-0.3, -0.25) is 4.90 Å². The molecule has 0 radical (unpaired) electrons. The molecule has 2 unspecified atom stereocenters. The zero-order valence-electron chi connectivity index (χ0n) is 22.1. The second-order valence-corrected chi connectivity index (χ2v) is 11.1. The lowest BCUT2D eigenvalue weighted by molar-refractivity contribution is -0.0852. The van der Waals surface area contributed by atoms with Gasteiger partial charge in [0.15, 0.2) is 5.82 Å². The average molecular weight is 519 g/mol. The maximum absolute atomic E-state index is 15.0. The number of likely N-dealkylation sites (tertiary alicyclic amines) is 1. The number of hydrogen-bond acceptors (Lipinski definition) is 7. The summed E-state index contributed by atoms with van der Waals surface area (Å²) in [5.41, 5.74) is 2.96. The number of aromatic nitrogens is 5. The van der Waals surface area contributed by atoms with Crippen LogP contribution < -0.4 is 10.6 Å². The smallest absolute Gasteiger partial charge is 0.228 e. The molecule has 0 bridgehead atoms. The van der Waals surface area contributed by atoms with Crippen molar-refractivity contribution in [3.8, 4) is 11.1 Å². The molecule has 3 aromatic heterocycles. The lowest BCUT2D eigenvalue weighted by Gasteiger charge is -2.58. The summed E-state index contributed by atoms with van der Waals surface area (Å²) in [4.78, 5) is 19.9. The highest BCUT2D eigenvalue weighted by Gasteiger charge is 2.49. The Labute approximate surface area is 220 Å². The number of fused-ring (bicyclic) bond motifs is 2. The van der Waals surface area contributed by atoms with Crippen LogP contribution in [0.5, 0.6) is 0 Å². The number of halogens is 2. The molecule has 0 aliphatic carbocycles. The predicted molar refractivity (Wildman–Crippen MR) is 143 cm³/mol. The summed E-state index contributed by atoms with van der Waals surface area (Å²) in [6.45, 7) is 12.2. The molecular weight excluding hydrogens is 486 g/mol. The standard InChI is InChI=1S/C28H32F2N8/c1-16(2)38-17(3)35-26-21(29)7-19(8-23(26)38)20-9-25(32-12-22(20)30)36-27-33-10-18(11-34-27)13-37-15-28(4)14-31-6-5-24(28)37/h7-12,16,24,31H,5-6,13-15H2,1-4H3,(H,32,33,34,36). The van der Waals surface area contributed by atoms with E-state index < -0.39 is 11.6 Å². The van der Waals surface area contributed by atoms with Crippen LogP contribution in [0.3, 0.4) is 0 Å². The van der Waals surface area contributed by atoms with Gasteiger partial charge in [0.05, 0.1) is 11.7 Å². The minimum Gasteiger partial charge on any atom is -0.326 e. The Morgan fingerprint density at radius 3 is 2.63 bits per heavy atom. The Hall–Kier alpha value is -3.50. The van der Waals surface area contributed by atoms with Crippen molar-refractivity contribution in [2.75, 3.05) is 25.0 Å². The molecule has 4 aromatic rings.